The minimum Gasteiger partial charge on any atom is -0.365 e. The van der Waals surface area contributed by atoms with Gasteiger partial charge >= 0.3 is 0 Å². The Morgan fingerprint density at radius 3 is 1.86 bits per heavy atom. The lowest BCUT2D eigenvalue weighted by Crippen LogP contribution is -2.39. The molecule has 0 bridgehead atoms. The lowest BCUT2D eigenvalue weighted by molar-refractivity contribution is -0.219. The van der Waals surface area contributed by atoms with E-state index in [4.69, 9.17) is 14.7 Å². The fourth-order valence-electron chi connectivity index (χ4n) is 2.86. The first kappa shape index (κ1) is 14.8. The molecule has 0 radical (unpaired) electrons. The fourth-order valence-corrected chi connectivity index (χ4v) is 2.86. The molecule has 0 N–H and O–H groups in total. The molecule has 2 aromatic carbocycles. The second-order valence-corrected chi connectivity index (χ2v) is 5.54. The number of hydrogen-bond donors (Lipinski definition) is 0. The van der Waals surface area contributed by atoms with Crippen molar-refractivity contribution in [1.29, 1.82) is 5.26 Å². The molecule has 112 valence electrons. The van der Waals surface area contributed by atoms with E-state index >= 15 is 0 Å². The van der Waals surface area contributed by atoms with E-state index in [-0.39, 0.29) is 24.4 Å². The lowest BCUT2D eigenvalue weighted by atomic mass is 9.95. The van der Waals surface area contributed by atoms with Crippen molar-refractivity contribution in [1.82, 2.24) is 0 Å². The third-order valence-corrected chi connectivity index (χ3v) is 4.03. The van der Waals surface area contributed by atoms with Crippen LogP contribution in [0, 0.1) is 11.3 Å². The Hall–Kier alpha value is -2.15. The van der Waals surface area contributed by atoms with Gasteiger partial charge in [0.25, 0.3) is 0 Å². The van der Waals surface area contributed by atoms with Gasteiger partial charge in [-0.2, -0.15) is 5.26 Å². The molecular weight excluding hydrogens is 274 g/mol. The van der Waals surface area contributed by atoms with Crippen LogP contribution in [-0.4, -0.2) is 12.2 Å². The lowest BCUT2D eigenvalue weighted by Gasteiger charge is -2.40. The molecule has 1 heterocycles. The number of nitrogens with zero attached hydrogens (tertiary/aromatic N) is 1. The summed E-state index contributed by atoms with van der Waals surface area (Å²) in [7, 11) is 0. The first-order valence-electron chi connectivity index (χ1n) is 7.57. The van der Waals surface area contributed by atoms with E-state index in [2.05, 4.69) is 18.2 Å². The topological polar surface area (TPSA) is 42.2 Å². The SMILES string of the molecule is C[C@@H]1O[C@H](c2ccccc2)[C@@H](c2ccccc2)O[C@@H]1CC#N. The minimum absolute atomic E-state index is 0.107. The average molecular weight is 293 g/mol. The molecule has 2 aromatic rings. The van der Waals surface area contributed by atoms with Crippen LogP contribution < -0.4 is 0 Å². The number of hydrogen-bond acceptors (Lipinski definition) is 3. The Balaban J connectivity index is 1.94. The highest BCUT2D eigenvalue weighted by Crippen LogP contribution is 2.41. The Labute approximate surface area is 131 Å². The van der Waals surface area contributed by atoms with Gasteiger partial charge in [-0.1, -0.05) is 60.7 Å². The van der Waals surface area contributed by atoms with Crippen molar-refractivity contribution >= 4 is 0 Å². The first-order chi connectivity index (χ1) is 10.8. The van der Waals surface area contributed by atoms with Crippen LogP contribution in [0.25, 0.3) is 0 Å². The smallest absolute Gasteiger partial charge is 0.113 e. The molecule has 0 aromatic heterocycles. The third kappa shape index (κ3) is 3.04. The molecule has 4 atom stereocenters. The zero-order valence-corrected chi connectivity index (χ0v) is 12.6. The van der Waals surface area contributed by atoms with Gasteiger partial charge in [-0.3, -0.25) is 0 Å². The molecule has 0 unspecified atom stereocenters. The van der Waals surface area contributed by atoms with Gasteiger partial charge in [0.1, 0.15) is 12.2 Å². The van der Waals surface area contributed by atoms with E-state index in [9.17, 15) is 0 Å². The van der Waals surface area contributed by atoms with Crippen molar-refractivity contribution in [3.05, 3.63) is 71.8 Å². The summed E-state index contributed by atoms with van der Waals surface area (Å²) in [5.41, 5.74) is 2.17. The van der Waals surface area contributed by atoms with Gasteiger partial charge in [-0.25, -0.2) is 0 Å². The van der Waals surface area contributed by atoms with Gasteiger partial charge in [0, 0.05) is 0 Å². The van der Waals surface area contributed by atoms with Crippen molar-refractivity contribution in [2.45, 2.75) is 37.8 Å². The summed E-state index contributed by atoms with van der Waals surface area (Å²) in [5.74, 6) is 0. The molecule has 3 heteroatoms. The van der Waals surface area contributed by atoms with Crippen LogP contribution in [0.5, 0.6) is 0 Å². The molecule has 22 heavy (non-hydrogen) atoms. The summed E-state index contributed by atoms with van der Waals surface area (Å²) in [4.78, 5) is 0. The second kappa shape index (κ2) is 6.74. The maximum absolute atomic E-state index is 8.99. The van der Waals surface area contributed by atoms with Gasteiger partial charge in [0.2, 0.25) is 0 Å². The standard InChI is InChI=1S/C19H19NO2/c1-14-17(12-13-20)22-19(16-10-6-3-7-11-16)18(21-14)15-8-4-2-5-9-15/h2-11,14,17-19H,12H2,1H3/t14-,17+,18+,19+/m0/s1. The quantitative estimate of drug-likeness (QED) is 0.852. The largest absolute Gasteiger partial charge is 0.365 e. The summed E-state index contributed by atoms with van der Waals surface area (Å²) in [6.07, 6.45) is -0.321. The highest BCUT2D eigenvalue weighted by Gasteiger charge is 2.38. The molecule has 0 spiro atoms. The Bertz CT molecular complexity index is 635. The first-order valence-corrected chi connectivity index (χ1v) is 7.57. The third-order valence-electron chi connectivity index (χ3n) is 4.03. The van der Waals surface area contributed by atoms with E-state index in [0.717, 1.165) is 11.1 Å². The predicted octanol–water partition coefficient (Wildman–Crippen LogP) is 4.19. The fraction of sp³-hybridized carbons (Fsp3) is 0.316. The van der Waals surface area contributed by atoms with Gasteiger partial charge in [-0.15, -0.1) is 0 Å². The second-order valence-electron chi connectivity index (χ2n) is 5.54. The van der Waals surface area contributed by atoms with Crippen LogP contribution in [0.2, 0.25) is 0 Å². The molecular formula is C19H19NO2. The normalized spacial score (nSPS) is 28.0. The molecule has 1 aliphatic heterocycles. The maximum Gasteiger partial charge on any atom is 0.113 e. The zero-order valence-electron chi connectivity index (χ0n) is 12.6. The Kier molecular flexibility index (Phi) is 4.53. The van der Waals surface area contributed by atoms with Crippen LogP contribution >= 0.6 is 0 Å². The monoisotopic (exact) mass is 293 g/mol. The molecule has 0 amide bonds. The highest BCUT2D eigenvalue weighted by atomic mass is 16.6. The van der Waals surface area contributed by atoms with Crippen molar-refractivity contribution < 1.29 is 9.47 Å². The van der Waals surface area contributed by atoms with Gasteiger partial charge in [0.15, 0.2) is 0 Å². The van der Waals surface area contributed by atoms with Crippen LogP contribution in [0.1, 0.15) is 36.7 Å². The van der Waals surface area contributed by atoms with Crippen LogP contribution in [0.15, 0.2) is 60.7 Å². The van der Waals surface area contributed by atoms with Crippen LogP contribution in [0.3, 0.4) is 0 Å². The molecule has 1 fully saturated rings. The summed E-state index contributed by atoms with van der Waals surface area (Å²) >= 11 is 0. The minimum atomic E-state index is -0.199. The molecule has 0 aliphatic carbocycles. The van der Waals surface area contributed by atoms with Gasteiger partial charge in [-0.05, 0) is 18.1 Å². The van der Waals surface area contributed by atoms with Crippen molar-refractivity contribution in [3.8, 4) is 6.07 Å². The van der Waals surface area contributed by atoms with Gasteiger partial charge < -0.3 is 9.47 Å². The van der Waals surface area contributed by atoms with E-state index in [0.29, 0.717) is 6.42 Å². The van der Waals surface area contributed by atoms with E-state index < -0.39 is 0 Å². The molecule has 1 saturated heterocycles. The zero-order chi connectivity index (χ0) is 15.4. The van der Waals surface area contributed by atoms with Crippen molar-refractivity contribution in [3.63, 3.8) is 0 Å². The molecule has 3 rings (SSSR count). The average Bonchev–Trinajstić information content (AvgIpc) is 2.58. The number of benzene rings is 2. The van der Waals surface area contributed by atoms with Crippen LogP contribution in [-0.2, 0) is 9.47 Å². The predicted molar refractivity (Wildman–Crippen MR) is 84.0 cm³/mol. The summed E-state index contributed by atoms with van der Waals surface area (Å²) in [6, 6.07) is 22.4. The number of nitriles is 1. The highest BCUT2D eigenvalue weighted by molar-refractivity contribution is 5.26. The molecule has 3 nitrogen and oxygen atoms in total. The number of rotatable bonds is 3. The number of ether oxygens (including phenoxy) is 2. The van der Waals surface area contributed by atoms with Crippen molar-refractivity contribution in [2.75, 3.05) is 0 Å². The maximum atomic E-state index is 8.99. The Morgan fingerprint density at radius 2 is 1.36 bits per heavy atom. The summed E-state index contributed by atoms with van der Waals surface area (Å²) in [5, 5.41) is 8.99. The van der Waals surface area contributed by atoms with E-state index in [1.807, 2.05) is 55.5 Å². The summed E-state index contributed by atoms with van der Waals surface area (Å²) < 4.78 is 12.5. The summed E-state index contributed by atoms with van der Waals surface area (Å²) in [6.45, 7) is 1.97. The molecule has 1 aliphatic rings. The molecule has 0 saturated carbocycles. The van der Waals surface area contributed by atoms with Crippen LogP contribution in [0.4, 0.5) is 0 Å². The Morgan fingerprint density at radius 1 is 0.864 bits per heavy atom. The van der Waals surface area contributed by atoms with E-state index in [1.165, 1.54) is 0 Å². The van der Waals surface area contributed by atoms with E-state index in [1.54, 1.807) is 0 Å². The van der Waals surface area contributed by atoms with Gasteiger partial charge in [0.05, 0.1) is 24.7 Å². The van der Waals surface area contributed by atoms with Crippen molar-refractivity contribution in [2.24, 2.45) is 0 Å².